The van der Waals surface area contributed by atoms with E-state index in [0.29, 0.717) is 21.4 Å². The average Bonchev–Trinajstić information content (AvgIpc) is 3.82. The highest BCUT2D eigenvalue weighted by molar-refractivity contribution is 7.15. The summed E-state index contributed by atoms with van der Waals surface area (Å²) in [4.78, 5) is 60.5. The van der Waals surface area contributed by atoms with Crippen molar-refractivity contribution >= 4 is 68.9 Å². The van der Waals surface area contributed by atoms with E-state index in [1.165, 1.54) is 51.2 Å². The fraction of sp³-hybridized carbons (Fsp3) is 0.278. The third kappa shape index (κ3) is 10.0. The Morgan fingerprint density at radius 1 is 0.679 bits per heavy atom. The monoisotopic (exact) mass is 883 g/mol. The van der Waals surface area contributed by atoms with Crippen LogP contribution >= 0.6 is 57.5 Å². The van der Waals surface area contributed by atoms with E-state index >= 15 is 0 Å². The van der Waals surface area contributed by atoms with Gasteiger partial charge in [0.25, 0.3) is 11.1 Å². The number of carbonyl (C=O) groups is 2. The Morgan fingerprint density at radius 3 is 1.41 bits per heavy atom. The minimum absolute atomic E-state index is 0. The molecule has 56 heavy (non-hydrogen) atoms. The Bertz CT molecular complexity index is 2460. The number of aromatic hydroxyl groups is 1. The van der Waals surface area contributed by atoms with Crippen LogP contribution in [-0.2, 0) is 28.2 Å². The van der Waals surface area contributed by atoms with Gasteiger partial charge in [0.05, 0.1) is 11.4 Å². The molecule has 2 amide bonds. The van der Waals surface area contributed by atoms with Gasteiger partial charge in [0.1, 0.15) is 21.1 Å². The van der Waals surface area contributed by atoms with Crippen LogP contribution < -0.4 is 28.3 Å². The van der Waals surface area contributed by atoms with Gasteiger partial charge in [0, 0.05) is 87.3 Å². The van der Waals surface area contributed by atoms with Crippen LogP contribution in [0.15, 0.2) is 58.1 Å². The second-order valence-corrected chi connectivity index (χ2v) is 16.0. The fourth-order valence-corrected chi connectivity index (χ4v) is 6.88. The van der Waals surface area contributed by atoms with Crippen LogP contribution in [0.5, 0.6) is 11.8 Å². The lowest BCUT2D eigenvalue weighted by molar-refractivity contribution is -0.0000201. The molecule has 0 aliphatic carbocycles. The number of aryl methyl sites for hydroxylation is 2. The fourth-order valence-electron chi connectivity index (χ4n) is 4.77. The number of thiazole rings is 2. The van der Waals surface area contributed by atoms with E-state index in [2.05, 4.69) is 9.97 Å². The summed E-state index contributed by atoms with van der Waals surface area (Å²) in [6.45, 7) is 3.77. The van der Waals surface area contributed by atoms with Crippen LogP contribution in [0.4, 0.5) is 9.59 Å². The lowest BCUT2D eigenvalue weighted by Gasteiger charge is -2.12. The minimum atomic E-state index is -0.566. The lowest BCUT2D eigenvalue weighted by atomic mass is 10.2. The highest BCUT2D eigenvalue weighted by atomic mass is 35.5. The molecular weight excluding hydrogens is 846 g/mol. The molecular formula is C36H39Cl4N8O6S2-. The molecule has 0 fully saturated rings. The highest BCUT2D eigenvalue weighted by Gasteiger charge is 2.27. The second-order valence-electron chi connectivity index (χ2n) is 12.4. The molecule has 300 valence electrons. The topological polar surface area (TPSA) is 150 Å². The van der Waals surface area contributed by atoms with Crippen molar-refractivity contribution in [2.45, 2.75) is 13.8 Å². The summed E-state index contributed by atoms with van der Waals surface area (Å²) in [5, 5.41) is 12.6. The molecule has 0 aliphatic rings. The Morgan fingerprint density at radius 2 is 1.05 bits per heavy atom. The molecule has 14 nitrogen and oxygen atoms in total. The van der Waals surface area contributed by atoms with Crippen molar-refractivity contribution in [2.75, 3.05) is 28.2 Å². The third-order valence-corrected chi connectivity index (χ3v) is 11.0. The number of nitrogens with zero attached hydrogens (tertiary/aromatic N) is 8. The van der Waals surface area contributed by atoms with Gasteiger partial charge in [-0.2, -0.15) is 0 Å². The van der Waals surface area contributed by atoms with Gasteiger partial charge >= 0.3 is 11.5 Å². The molecule has 0 saturated heterocycles. The Kier molecular flexibility index (Phi) is 15.6. The predicted octanol–water partition coefficient (Wildman–Crippen LogP) is 4.63. The summed E-state index contributed by atoms with van der Waals surface area (Å²) in [5.41, 5.74) is 2.81. The largest absolute Gasteiger partial charge is 1.00 e. The zero-order valence-electron chi connectivity index (χ0n) is 32.0. The molecule has 0 atom stereocenters. The van der Waals surface area contributed by atoms with E-state index in [1.807, 2.05) is 38.1 Å². The Hall–Kier alpha value is -4.58. The van der Waals surface area contributed by atoms with Crippen molar-refractivity contribution in [3.05, 3.63) is 89.0 Å². The second kappa shape index (κ2) is 19.0. The van der Waals surface area contributed by atoms with Gasteiger partial charge in [-0.3, -0.25) is 33.1 Å². The predicted molar refractivity (Wildman–Crippen MR) is 220 cm³/mol. The quantitative estimate of drug-likeness (QED) is 0.195. The number of hydrogen-bond acceptors (Lipinski definition) is 10. The third-order valence-electron chi connectivity index (χ3n) is 8.10. The van der Waals surface area contributed by atoms with E-state index in [9.17, 15) is 24.3 Å². The molecule has 20 heteroatoms. The molecule has 0 aliphatic heterocycles. The van der Waals surface area contributed by atoms with Gasteiger partial charge < -0.3 is 32.1 Å². The maximum Gasteiger partial charge on any atom is 0.416 e. The standard InChI is InChI=1S/C18H19ClN4O3S.C15H14ClN3O2S.C3H6ClNO.ClH/c1-10-14(20-15(27-10)11-6-8-12(19)9-7-11)13-16(24)22(4)23(5)17(13)26-18(25)21(2)3;1-8-12(11-14(20)18(2)19(3)15(11)21)17-13(22-8)9-4-6-10(16)7-5-9;1-5(2)3(4)6;/h6-9H,1-5H3;4-7,20H,1-3H3;1-2H3;1H/p-1. The van der Waals surface area contributed by atoms with E-state index in [1.54, 1.807) is 80.6 Å². The van der Waals surface area contributed by atoms with Crippen molar-refractivity contribution in [3.63, 3.8) is 0 Å². The maximum atomic E-state index is 12.8. The lowest BCUT2D eigenvalue weighted by Crippen LogP contribution is -3.00. The molecule has 6 aromatic rings. The summed E-state index contributed by atoms with van der Waals surface area (Å²) < 4.78 is 11.1. The number of halogens is 4. The zero-order valence-corrected chi connectivity index (χ0v) is 36.7. The molecule has 6 rings (SSSR count). The number of ether oxygens (including phenoxy) is 1. The molecule has 0 unspecified atom stereocenters. The van der Waals surface area contributed by atoms with Crippen molar-refractivity contribution < 1.29 is 31.8 Å². The van der Waals surface area contributed by atoms with Crippen molar-refractivity contribution in [3.8, 4) is 55.4 Å². The van der Waals surface area contributed by atoms with E-state index < -0.39 is 11.5 Å². The van der Waals surface area contributed by atoms with Crippen LogP contribution in [0, 0.1) is 13.8 Å². The first-order valence-electron chi connectivity index (χ1n) is 16.2. The van der Waals surface area contributed by atoms with Gasteiger partial charge in [-0.15, -0.1) is 22.7 Å². The number of rotatable bonds is 5. The zero-order chi connectivity index (χ0) is 41.0. The Balaban J connectivity index is 0.000000262. The first kappa shape index (κ1) is 45.8. The van der Waals surface area contributed by atoms with Gasteiger partial charge in [0.15, 0.2) is 0 Å². The van der Waals surface area contributed by atoms with Gasteiger partial charge in [-0.1, -0.05) is 47.5 Å². The maximum absolute atomic E-state index is 12.8. The smallest absolute Gasteiger partial charge is 0.416 e. The number of aromatic nitrogens is 6. The van der Waals surface area contributed by atoms with Gasteiger partial charge in [-0.25, -0.2) is 14.8 Å². The molecule has 0 spiro atoms. The van der Waals surface area contributed by atoms with Crippen molar-refractivity contribution in [2.24, 2.45) is 28.2 Å². The number of hydrogen-bond donors (Lipinski definition) is 1. The SMILES string of the molecule is CN(C)C(=O)Cl.Cc1sc(-c2ccc(Cl)cc2)nc1-c1c(O)n(C)n(C)c1=O.Cc1sc(-c2ccc(Cl)cc2)nc1-c1c(OC(=O)N(C)C)n(C)n(C)c1=O.[Cl-]. The van der Waals surface area contributed by atoms with E-state index in [-0.39, 0.29) is 46.4 Å². The van der Waals surface area contributed by atoms with Gasteiger partial charge in [0.2, 0.25) is 11.8 Å². The van der Waals surface area contributed by atoms with Crippen LogP contribution in [0.2, 0.25) is 10.0 Å². The molecule has 4 heterocycles. The molecule has 2 aromatic carbocycles. The summed E-state index contributed by atoms with van der Waals surface area (Å²) >= 11 is 19.7. The molecule has 0 radical (unpaired) electrons. The summed E-state index contributed by atoms with van der Waals surface area (Å²) in [7, 11) is 12.8. The summed E-state index contributed by atoms with van der Waals surface area (Å²) in [6.07, 6.45) is -0.566. The first-order valence-corrected chi connectivity index (χ1v) is 19.0. The summed E-state index contributed by atoms with van der Waals surface area (Å²) in [5.74, 6) is 0.0841. The van der Waals surface area contributed by atoms with Crippen molar-refractivity contribution in [1.29, 1.82) is 0 Å². The van der Waals surface area contributed by atoms with Crippen LogP contribution in [0.1, 0.15) is 9.75 Å². The van der Waals surface area contributed by atoms with Crippen LogP contribution in [0.25, 0.3) is 43.7 Å². The average molecular weight is 886 g/mol. The van der Waals surface area contributed by atoms with Crippen LogP contribution in [0.3, 0.4) is 0 Å². The summed E-state index contributed by atoms with van der Waals surface area (Å²) in [6, 6.07) is 14.7. The molecule has 0 saturated carbocycles. The van der Waals surface area contributed by atoms with Crippen LogP contribution in [-0.4, -0.2) is 83.3 Å². The normalized spacial score (nSPS) is 10.4. The van der Waals surface area contributed by atoms with E-state index in [4.69, 9.17) is 39.5 Å². The van der Waals surface area contributed by atoms with Crippen molar-refractivity contribution in [1.82, 2.24) is 38.5 Å². The molecule has 1 N–H and O–H groups in total. The number of carbonyl (C=O) groups excluding carboxylic acids is 2. The van der Waals surface area contributed by atoms with E-state index in [0.717, 1.165) is 30.9 Å². The molecule has 4 aromatic heterocycles. The Labute approximate surface area is 352 Å². The minimum Gasteiger partial charge on any atom is -1.00 e. The highest BCUT2D eigenvalue weighted by Crippen LogP contribution is 2.37. The van der Waals surface area contributed by atoms with Gasteiger partial charge in [-0.05, 0) is 49.7 Å². The first-order chi connectivity index (χ1) is 25.7. The molecule has 0 bridgehead atoms. The number of amides is 2. The number of benzene rings is 2.